The highest BCUT2D eigenvalue weighted by atomic mass is 35.5. The number of thioether (sulfide) groups is 1. The minimum atomic E-state index is -1.20. The first kappa shape index (κ1) is 27.5. The first-order chi connectivity index (χ1) is 17.7. The third-order valence-corrected chi connectivity index (χ3v) is 8.43. The fourth-order valence-corrected chi connectivity index (χ4v) is 6.12. The van der Waals surface area contributed by atoms with Gasteiger partial charge in [0.15, 0.2) is 11.6 Å². The van der Waals surface area contributed by atoms with E-state index in [9.17, 15) is 23.1 Å². The molecule has 10 heteroatoms. The van der Waals surface area contributed by atoms with Gasteiger partial charge in [0.1, 0.15) is 11.6 Å². The van der Waals surface area contributed by atoms with Crippen molar-refractivity contribution in [1.29, 1.82) is 0 Å². The van der Waals surface area contributed by atoms with E-state index in [4.69, 9.17) is 16.3 Å². The maximum Gasteiger partial charge on any atom is 0.309 e. The fraction of sp³-hybridized carbons (Fsp3) is 0.407. The molecule has 0 aliphatic carbocycles. The van der Waals surface area contributed by atoms with Crippen molar-refractivity contribution in [2.75, 3.05) is 32.5 Å². The Morgan fingerprint density at radius 1 is 1.22 bits per heavy atom. The molecule has 1 N–H and O–H groups in total. The minimum Gasteiger partial charge on any atom is -0.497 e. The minimum absolute atomic E-state index is 0.0608. The Kier molecular flexibility index (Phi) is 8.87. The van der Waals surface area contributed by atoms with Crippen molar-refractivity contribution < 1.29 is 27.8 Å². The number of rotatable bonds is 10. The van der Waals surface area contributed by atoms with Crippen LogP contribution in [0.5, 0.6) is 5.75 Å². The van der Waals surface area contributed by atoms with E-state index in [0.717, 1.165) is 34.3 Å². The summed E-state index contributed by atoms with van der Waals surface area (Å²) in [6.45, 7) is 1.74. The van der Waals surface area contributed by atoms with E-state index in [1.807, 2.05) is 18.2 Å². The molecule has 0 unspecified atom stereocenters. The van der Waals surface area contributed by atoms with E-state index in [1.165, 1.54) is 0 Å². The van der Waals surface area contributed by atoms with Gasteiger partial charge < -0.3 is 14.7 Å². The van der Waals surface area contributed by atoms with Crippen LogP contribution in [-0.4, -0.2) is 53.5 Å². The third-order valence-electron chi connectivity index (χ3n) is 7.11. The number of halogens is 4. The zero-order valence-electron chi connectivity index (χ0n) is 20.4. The van der Waals surface area contributed by atoms with Gasteiger partial charge in [0.25, 0.3) is 0 Å². The Morgan fingerprint density at radius 3 is 2.68 bits per heavy atom. The van der Waals surface area contributed by atoms with Crippen LogP contribution in [0.3, 0.4) is 0 Å². The fourth-order valence-electron chi connectivity index (χ4n) is 4.88. The largest absolute Gasteiger partial charge is 0.497 e. The maximum absolute atomic E-state index is 13.9. The number of aliphatic carboxylic acids is 1. The molecule has 2 heterocycles. The summed E-state index contributed by atoms with van der Waals surface area (Å²) in [6, 6.07) is 7.13. The van der Waals surface area contributed by atoms with E-state index in [1.54, 1.807) is 13.3 Å². The lowest BCUT2D eigenvalue weighted by Gasteiger charge is -2.39. The van der Waals surface area contributed by atoms with Crippen LogP contribution in [-0.2, 0) is 11.2 Å². The topological polar surface area (TPSA) is 62.7 Å². The van der Waals surface area contributed by atoms with Crippen molar-refractivity contribution in [3.05, 3.63) is 64.6 Å². The lowest BCUT2D eigenvalue weighted by atomic mass is 9.74. The van der Waals surface area contributed by atoms with Crippen LogP contribution in [0.1, 0.15) is 31.2 Å². The summed E-state index contributed by atoms with van der Waals surface area (Å²) in [7, 11) is 1.60. The van der Waals surface area contributed by atoms with E-state index in [2.05, 4.69) is 9.88 Å². The molecule has 4 rings (SSSR count). The Morgan fingerprint density at radius 2 is 1.97 bits per heavy atom. The monoisotopic (exact) mass is 552 g/mol. The highest BCUT2D eigenvalue weighted by Gasteiger charge is 2.40. The zero-order chi connectivity index (χ0) is 26.6. The number of aryl methyl sites for hydroxylation is 1. The molecule has 1 aliphatic rings. The van der Waals surface area contributed by atoms with E-state index in [-0.39, 0.29) is 4.90 Å². The number of benzene rings is 2. The van der Waals surface area contributed by atoms with Gasteiger partial charge in [-0.2, -0.15) is 0 Å². The van der Waals surface area contributed by atoms with Gasteiger partial charge in [0.2, 0.25) is 0 Å². The van der Waals surface area contributed by atoms with Crippen molar-refractivity contribution in [3.63, 3.8) is 0 Å². The van der Waals surface area contributed by atoms with Crippen molar-refractivity contribution >= 4 is 40.2 Å². The maximum atomic E-state index is 13.9. The second-order valence-corrected chi connectivity index (χ2v) is 10.8. The van der Waals surface area contributed by atoms with Crippen LogP contribution in [0.15, 0.2) is 41.4 Å². The number of methoxy groups -OCH3 is 1. The van der Waals surface area contributed by atoms with Gasteiger partial charge in [-0.1, -0.05) is 11.6 Å². The second kappa shape index (κ2) is 11.9. The number of carboxylic acid groups (broad SMARTS) is 1. The smallest absolute Gasteiger partial charge is 0.309 e. The van der Waals surface area contributed by atoms with Crippen LogP contribution >= 0.6 is 23.4 Å². The standard InChI is InChI=1S/C27H28ClF3N2O3S/c1-36-18-4-5-23-20(15-18)19(21(28)16-32-23)3-2-6-27(26(34)35)7-9-33(10-8-27)11-12-37-24-14-17(29)13-22(30)25(24)31/h4-5,13-16H,2-3,6-12H2,1H3,(H,34,35). The average molecular weight is 553 g/mol. The highest BCUT2D eigenvalue weighted by molar-refractivity contribution is 7.99. The van der Waals surface area contributed by atoms with Gasteiger partial charge in [-0.3, -0.25) is 9.78 Å². The molecule has 0 radical (unpaired) electrons. The molecular weight excluding hydrogens is 525 g/mol. The number of aromatic nitrogens is 1. The molecular formula is C27H28ClF3N2O3S. The molecule has 0 bridgehead atoms. The molecule has 2 aromatic carbocycles. The molecule has 198 valence electrons. The van der Waals surface area contributed by atoms with Crippen LogP contribution in [0, 0.1) is 22.9 Å². The van der Waals surface area contributed by atoms with Crippen LogP contribution < -0.4 is 4.74 Å². The molecule has 1 aromatic heterocycles. The summed E-state index contributed by atoms with van der Waals surface area (Å²) in [5.41, 5.74) is 0.913. The molecule has 5 nitrogen and oxygen atoms in total. The van der Waals surface area contributed by atoms with Crippen LogP contribution in [0.25, 0.3) is 10.9 Å². The first-order valence-electron chi connectivity index (χ1n) is 12.1. The summed E-state index contributed by atoms with van der Waals surface area (Å²) in [6.07, 6.45) is 4.41. The molecule has 3 aromatic rings. The Balaban J connectivity index is 1.33. The zero-order valence-corrected chi connectivity index (χ0v) is 22.0. The van der Waals surface area contributed by atoms with E-state index < -0.39 is 28.8 Å². The summed E-state index contributed by atoms with van der Waals surface area (Å²) < 4.78 is 46.0. The Hall–Kier alpha value is -2.49. The number of pyridine rings is 1. The average Bonchev–Trinajstić information content (AvgIpc) is 2.88. The van der Waals surface area contributed by atoms with Crippen molar-refractivity contribution in [2.24, 2.45) is 5.41 Å². The molecule has 1 saturated heterocycles. The number of hydrogen-bond donors (Lipinski definition) is 1. The number of carboxylic acids is 1. The van der Waals surface area contributed by atoms with Crippen molar-refractivity contribution in [1.82, 2.24) is 9.88 Å². The molecule has 1 aliphatic heterocycles. The quantitative estimate of drug-likeness (QED) is 0.226. The van der Waals surface area contributed by atoms with Crippen molar-refractivity contribution in [2.45, 2.75) is 37.0 Å². The van der Waals surface area contributed by atoms with Gasteiger partial charge >= 0.3 is 5.97 Å². The number of ether oxygens (including phenoxy) is 1. The summed E-state index contributed by atoms with van der Waals surface area (Å²) >= 11 is 7.52. The summed E-state index contributed by atoms with van der Waals surface area (Å²) in [5.74, 6) is -2.72. The molecule has 0 atom stereocenters. The Bertz CT molecular complexity index is 1290. The summed E-state index contributed by atoms with van der Waals surface area (Å²) in [4.78, 5) is 18.7. The summed E-state index contributed by atoms with van der Waals surface area (Å²) in [5, 5.41) is 11.5. The molecule has 0 spiro atoms. The van der Waals surface area contributed by atoms with Crippen LogP contribution in [0.2, 0.25) is 5.02 Å². The predicted octanol–water partition coefficient (Wildman–Crippen LogP) is 6.60. The molecule has 37 heavy (non-hydrogen) atoms. The second-order valence-electron chi connectivity index (χ2n) is 9.30. The number of fused-ring (bicyclic) bond motifs is 1. The number of likely N-dealkylation sites (tertiary alicyclic amines) is 1. The van der Waals surface area contributed by atoms with Gasteiger partial charge in [-0.05, 0) is 75.0 Å². The normalized spacial score (nSPS) is 15.7. The van der Waals surface area contributed by atoms with Gasteiger partial charge in [-0.15, -0.1) is 11.8 Å². The lowest BCUT2D eigenvalue weighted by Crippen LogP contribution is -2.45. The number of carbonyl (C=O) groups is 1. The molecule has 0 amide bonds. The molecule has 1 fully saturated rings. The van der Waals surface area contributed by atoms with Gasteiger partial charge in [-0.25, -0.2) is 13.2 Å². The number of piperidine rings is 1. The third kappa shape index (κ3) is 6.33. The number of nitrogens with zero attached hydrogens (tertiary/aromatic N) is 2. The van der Waals surface area contributed by atoms with E-state index in [0.29, 0.717) is 74.3 Å². The Labute approximate surface area is 223 Å². The van der Waals surface area contributed by atoms with Gasteiger partial charge in [0, 0.05) is 34.8 Å². The predicted molar refractivity (Wildman–Crippen MR) is 139 cm³/mol. The van der Waals surface area contributed by atoms with Crippen molar-refractivity contribution in [3.8, 4) is 5.75 Å². The number of hydrogen-bond acceptors (Lipinski definition) is 5. The first-order valence-corrected chi connectivity index (χ1v) is 13.4. The molecule has 0 saturated carbocycles. The van der Waals surface area contributed by atoms with E-state index >= 15 is 0 Å². The SMILES string of the molecule is COc1ccc2ncc(Cl)c(CCCC3(C(=O)O)CCN(CCSc4cc(F)cc(F)c4F)CC3)c2c1. The van der Waals surface area contributed by atoms with Gasteiger partial charge in [0.05, 0.1) is 23.1 Å². The lowest BCUT2D eigenvalue weighted by molar-refractivity contribution is -0.152. The highest BCUT2D eigenvalue weighted by Crippen LogP contribution is 2.38. The van der Waals surface area contributed by atoms with Crippen LogP contribution in [0.4, 0.5) is 13.2 Å².